The number of ether oxygens (including phenoxy) is 1. The van der Waals surface area contributed by atoms with Crippen molar-refractivity contribution >= 4 is 34.6 Å². The van der Waals surface area contributed by atoms with Crippen LogP contribution < -0.4 is 0 Å². The Morgan fingerprint density at radius 1 is 0.909 bits per heavy atom. The van der Waals surface area contributed by atoms with Gasteiger partial charge in [0.2, 0.25) is 0 Å². The van der Waals surface area contributed by atoms with Gasteiger partial charge in [0.25, 0.3) is 0 Å². The second-order valence-corrected chi connectivity index (χ2v) is 8.40. The van der Waals surface area contributed by atoms with Gasteiger partial charge in [0.1, 0.15) is 0 Å². The van der Waals surface area contributed by atoms with Crippen LogP contribution in [0.1, 0.15) is 29.5 Å². The lowest BCUT2D eigenvalue weighted by Gasteiger charge is -2.26. The molecule has 4 rings (SSSR count). The van der Waals surface area contributed by atoms with Crippen LogP contribution in [0.4, 0.5) is 0 Å². The number of hydrogen-bond acceptors (Lipinski definition) is 4. The van der Waals surface area contributed by atoms with Crippen molar-refractivity contribution in [1.82, 2.24) is 9.88 Å². The third-order valence-corrected chi connectivity index (χ3v) is 5.87. The summed E-state index contributed by atoms with van der Waals surface area (Å²) in [5.74, 6) is -0.397. The van der Waals surface area contributed by atoms with E-state index in [1.165, 1.54) is 17.7 Å². The number of nitrogens with zero attached hydrogens (tertiary/aromatic N) is 1. The van der Waals surface area contributed by atoms with Crippen molar-refractivity contribution in [3.63, 3.8) is 0 Å². The highest BCUT2D eigenvalue weighted by molar-refractivity contribution is 6.11. The predicted molar refractivity (Wildman–Crippen MR) is 133 cm³/mol. The average Bonchev–Trinajstić information content (AvgIpc) is 3.31. The Kier molecular flexibility index (Phi) is 8.01. The number of rotatable bonds is 10. The number of nitrogens with one attached hydrogen (secondary N) is 1. The zero-order chi connectivity index (χ0) is 22.9. The monoisotopic (exact) mass is 442 g/mol. The van der Waals surface area contributed by atoms with Gasteiger partial charge in [-0.15, -0.1) is 0 Å². The van der Waals surface area contributed by atoms with Crippen LogP contribution in [0.25, 0.3) is 23.1 Å². The van der Waals surface area contributed by atoms with Gasteiger partial charge in [-0.2, -0.15) is 0 Å². The van der Waals surface area contributed by atoms with Crippen LogP contribution in [0, 0.1) is 0 Å². The number of benzene rings is 2. The van der Waals surface area contributed by atoms with E-state index in [-0.39, 0.29) is 18.0 Å². The van der Waals surface area contributed by atoms with E-state index in [1.807, 2.05) is 42.6 Å². The normalized spacial score (nSPS) is 15.0. The van der Waals surface area contributed by atoms with Crippen LogP contribution in [0.2, 0.25) is 0 Å². The van der Waals surface area contributed by atoms with Crippen molar-refractivity contribution in [2.24, 2.45) is 0 Å². The van der Waals surface area contributed by atoms with Crippen LogP contribution in [0.5, 0.6) is 0 Å². The number of H-pyrrole nitrogens is 1. The van der Waals surface area contributed by atoms with Gasteiger partial charge in [-0.3, -0.25) is 14.5 Å². The van der Waals surface area contributed by atoms with E-state index in [9.17, 15) is 9.59 Å². The molecule has 0 spiro atoms. The first kappa shape index (κ1) is 22.9. The van der Waals surface area contributed by atoms with Gasteiger partial charge in [-0.1, -0.05) is 48.6 Å². The molecule has 1 N–H and O–H groups in total. The van der Waals surface area contributed by atoms with Gasteiger partial charge < -0.3 is 9.72 Å². The summed E-state index contributed by atoms with van der Waals surface area (Å²) in [4.78, 5) is 29.9. The molecule has 3 aromatic rings. The van der Waals surface area contributed by atoms with E-state index < -0.39 is 0 Å². The molecule has 2 heterocycles. The number of ketones is 2. The lowest BCUT2D eigenvalue weighted by Crippen LogP contribution is -2.36. The highest BCUT2D eigenvalue weighted by Crippen LogP contribution is 2.15. The zero-order valence-electron chi connectivity index (χ0n) is 18.8. The van der Waals surface area contributed by atoms with Crippen LogP contribution in [-0.4, -0.2) is 54.3 Å². The van der Waals surface area contributed by atoms with Gasteiger partial charge >= 0.3 is 0 Å². The average molecular weight is 443 g/mol. The van der Waals surface area contributed by atoms with Gasteiger partial charge in [-0.25, -0.2) is 0 Å². The Morgan fingerprint density at radius 3 is 2.36 bits per heavy atom. The second kappa shape index (κ2) is 11.5. The van der Waals surface area contributed by atoms with Crippen LogP contribution in [0.3, 0.4) is 0 Å². The molecule has 1 fully saturated rings. The summed E-state index contributed by atoms with van der Waals surface area (Å²) in [6, 6.07) is 16.2. The van der Waals surface area contributed by atoms with Crippen LogP contribution in [0.15, 0.2) is 66.9 Å². The van der Waals surface area contributed by atoms with Crippen molar-refractivity contribution in [2.45, 2.75) is 19.3 Å². The van der Waals surface area contributed by atoms with E-state index in [0.717, 1.165) is 67.7 Å². The van der Waals surface area contributed by atoms with E-state index in [1.54, 1.807) is 12.2 Å². The molecule has 0 unspecified atom stereocenters. The summed E-state index contributed by atoms with van der Waals surface area (Å²) in [6.07, 6.45) is 10.4. The number of morpholine rings is 1. The molecule has 2 aromatic carbocycles. The molecule has 0 amide bonds. The smallest absolute Gasteiger partial charge is 0.163 e. The quantitative estimate of drug-likeness (QED) is 0.366. The van der Waals surface area contributed by atoms with Crippen LogP contribution in [-0.2, 0) is 20.7 Å². The number of allylic oxidation sites excluding steroid dienone is 2. The van der Waals surface area contributed by atoms with Crippen molar-refractivity contribution in [3.8, 4) is 0 Å². The van der Waals surface area contributed by atoms with Gasteiger partial charge in [0, 0.05) is 24.8 Å². The summed E-state index contributed by atoms with van der Waals surface area (Å²) in [5, 5.41) is 1.12. The molecule has 1 aliphatic heterocycles. The van der Waals surface area contributed by atoms with Gasteiger partial charge in [-0.05, 0) is 65.7 Å². The molecule has 1 aromatic heterocycles. The molecule has 5 nitrogen and oxygen atoms in total. The fourth-order valence-electron chi connectivity index (χ4n) is 3.96. The van der Waals surface area contributed by atoms with Crippen molar-refractivity contribution in [2.75, 3.05) is 32.8 Å². The fraction of sp³-hybridized carbons (Fsp3) is 0.286. The summed E-state index contributed by atoms with van der Waals surface area (Å²) >= 11 is 0. The summed E-state index contributed by atoms with van der Waals surface area (Å²) in [5.41, 5.74) is 4.20. The standard InChI is InChI=1S/C28H30N2O3/c31-26(21-27(32)12-9-24-7-10-25-13-14-29-28(25)20-24)11-8-23-5-3-22(4-6-23)2-1-15-30-16-18-33-19-17-30/h3-14,20,29H,1-2,15-19,21H2. The summed E-state index contributed by atoms with van der Waals surface area (Å²) in [7, 11) is 0. The van der Waals surface area contributed by atoms with Gasteiger partial charge in [0.05, 0.1) is 19.6 Å². The third-order valence-electron chi connectivity index (χ3n) is 5.87. The first-order chi connectivity index (χ1) is 16.2. The zero-order valence-corrected chi connectivity index (χ0v) is 18.8. The predicted octanol–water partition coefficient (Wildman–Crippen LogP) is 4.69. The second-order valence-electron chi connectivity index (χ2n) is 8.40. The largest absolute Gasteiger partial charge is 0.379 e. The minimum atomic E-state index is -0.202. The fourth-order valence-corrected chi connectivity index (χ4v) is 3.96. The molecule has 1 aliphatic rings. The van der Waals surface area contributed by atoms with Gasteiger partial charge in [0.15, 0.2) is 11.6 Å². The number of hydrogen-bond donors (Lipinski definition) is 1. The van der Waals surface area contributed by atoms with Crippen LogP contribution >= 0.6 is 0 Å². The highest BCUT2D eigenvalue weighted by atomic mass is 16.5. The summed E-state index contributed by atoms with van der Waals surface area (Å²) < 4.78 is 5.38. The Morgan fingerprint density at radius 2 is 1.61 bits per heavy atom. The molecule has 170 valence electrons. The SMILES string of the molecule is O=C(C=Cc1ccc(CCCN2CCOCC2)cc1)CC(=O)C=Cc1ccc2cc[nH]c2c1. The molecule has 0 radical (unpaired) electrons. The Balaban J connectivity index is 1.20. The number of fused-ring (bicyclic) bond motifs is 1. The molecule has 0 bridgehead atoms. The number of carbonyl (C=O) groups is 2. The number of aromatic amines is 1. The topological polar surface area (TPSA) is 62.4 Å². The first-order valence-corrected chi connectivity index (χ1v) is 11.5. The molecular weight excluding hydrogens is 412 g/mol. The number of aromatic nitrogens is 1. The highest BCUT2D eigenvalue weighted by Gasteiger charge is 2.09. The maximum absolute atomic E-state index is 12.2. The molecule has 0 aliphatic carbocycles. The molecular formula is C28H30N2O3. The molecule has 1 saturated heterocycles. The Bertz CT molecular complexity index is 1140. The van der Waals surface area contributed by atoms with E-state index >= 15 is 0 Å². The summed E-state index contributed by atoms with van der Waals surface area (Å²) in [6.45, 7) is 4.83. The first-order valence-electron chi connectivity index (χ1n) is 11.5. The molecule has 0 atom stereocenters. The Hall–Kier alpha value is -3.28. The Labute approximate surface area is 194 Å². The minimum absolute atomic E-state index is 0.128. The third kappa shape index (κ3) is 7.11. The maximum atomic E-state index is 12.2. The van der Waals surface area contributed by atoms with Crippen molar-refractivity contribution < 1.29 is 14.3 Å². The number of aryl methyl sites for hydroxylation is 1. The van der Waals surface area contributed by atoms with Crippen molar-refractivity contribution in [3.05, 3.63) is 83.6 Å². The molecule has 5 heteroatoms. The maximum Gasteiger partial charge on any atom is 0.163 e. The van der Waals surface area contributed by atoms with Crippen molar-refractivity contribution in [1.29, 1.82) is 0 Å². The number of carbonyl (C=O) groups excluding carboxylic acids is 2. The van der Waals surface area contributed by atoms with E-state index in [0.29, 0.717) is 0 Å². The lowest BCUT2D eigenvalue weighted by molar-refractivity contribution is -0.121. The minimum Gasteiger partial charge on any atom is -0.379 e. The van der Waals surface area contributed by atoms with E-state index in [2.05, 4.69) is 22.0 Å². The molecule has 33 heavy (non-hydrogen) atoms. The molecule has 0 saturated carbocycles. The lowest BCUT2D eigenvalue weighted by atomic mass is 10.1. The van der Waals surface area contributed by atoms with E-state index in [4.69, 9.17) is 4.74 Å².